The third kappa shape index (κ3) is 1.95. The monoisotopic (exact) mass is 222 g/mol. The Hall–Kier alpha value is -1.30. The predicted octanol–water partition coefficient (Wildman–Crippen LogP) is 1.77. The molecule has 0 unspecified atom stereocenters. The van der Waals surface area contributed by atoms with Crippen LogP contribution in [0, 0.1) is 6.92 Å². The average Bonchev–Trinajstić information content (AvgIpc) is 2.01. The summed E-state index contributed by atoms with van der Waals surface area (Å²) in [6.45, 7) is 1.29. The summed E-state index contributed by atoms with van der Waals surface area (Å²) in [6, 6.07) is 0. The number of carbonyl (C=O) groups is 1. The van der Waals surface area contributed by atoms with E-state index in [0.29, 0.717) is 0 Å². The number of alkyl halides is 3. The van der Waals surface area contributed by atoms with Crippen LogP contribution in [0.2, 0.25) is 0 Å². The normalized spacial score (nSPS) is 11.4. The first-order valence-corrected chi connectivity index (χ1v) is 3.84. The van der Waals surface area contributed by atoms with Gasteiger partial charge in [0.25, 0.3) is 0 Å². The fourth-order valence-corrected chi connectivity index (χ4v) is 1.09. The van der Waals surface area contributed by atoms with E-state index in [1.54, 1.807) is 0 Å². The minimum atomic E-state index is -3.80. The van der Waals surface area contributed by atoms with Gasteiger partial charge in [-0.05, 0) is 18.5 Å². The van der Waals surface area contributed by atoms with E-state index >= 15 is 0 Å². The van der Waals surface area contributed by atoms with Crippen LogP contribution in [0.3, 0.4) is 0 Å². The third-order valence-corrected chi connectivity index (χ3v) is 1.70. The van der Waals surface area contributed by atoms with Crippen LogP contribution in [-0.2, 0) is 5.38 Å². The molecular weight excluding hydrogens is 218 g/mol. The molecule has 0 bridgehead atoms. The molecular formula is C7H5ClF2N2O2. The van der Waals surface area contributed by atoms with Crippen molar-refractivity contribution in [2.75, 3.05) is 0 Å². The van der Waals surface area contributed by atoms with Crippen molar-refractivity contribution in [3.05, 3.63) is 23.3 Å². The van der Waals surface area contributed by atoms with Crippen LogP contribution >= 0.6 is 11.6 Å². The predicted molar refractivity (Wildman–Crippen MR) is 43.5 cm³/mol. The molecule has 1 heterocycles. The second kappa shape index (κ2) is 3.45. The first-order chi connectivity index (χ1) is 6.34. The number of nitrogens with zero attached hydrogens (tertiary/aromatic N) is 2. The number of aromatic carboxylic acids is 1. The van der Waals surface area contributed by atoms with Gasteiger partial charge in [0.2, 0.25) is 0 Å². The van der Waals surface area contributed by atoms with Gasteiger partial charge in [0.15, 0.2) is 0 Å². The molecule has 0 aliphatic carbocycles. The van der Waals surface area contributed by atoms with Crippen molar-refractivity contribution in [1.29, 1.82) is 0 Å². The van der Waals surface area contributed by atoms with Crippen molar-refractivity contribution >= 4 is 17.6 Å². The maximum Gasteiger partial charge on any atom is 0.365 e. The second-order valence-corrected chi connectivity index (χ2v) is 2.96. The molecule has 0 aromatic carbocycles. The lowest BCUT2D eigenvalue weighted by Crippen LogP contribution is -2.16. The molecule has 4 nitrogen and oxygen atoms in total. The highest BCUT2D eigenvalue weighted by Gasteiger charge is 2.36. The number of aryl methyl sites for hydroxylation is 1. The van der Waals surface area contributed by atoms with E-state index in [2.05, 4.69) is 9.97 Å². The maximum atomic E-state index is 12.7. The summed E-state index contributed by atoms with van der Waals surface area (Å²) in [6.07, 6.45) is 0.841. The summed E-state index contributed by atoms with van der Waals surface area (Å²) >= 11 is 4.69. The van der Waals surface area contributed by atoms with Gasteiger partial charge in [0.05, 0.1) is 5.69 Å². The molecule has 0 amide bonds. The number of halogens is 3. The SMILES string of the molecule is Cc1ncnc(C(F)(F)Cl)c1C(=O)O. The molecule has 1 aromatic heterocycles. The summed E-state index contributed by atoms with van der Waals surface area (Å²) in [5, 5.41) is 4.83. The van der Waals surface area contributed by atoms with E-state index in [4.69, 9.17) is 16.7 Å². The van der Waals surface area contributed by atoms with Gasteiger partial charge in [-0.15, -0.1) is 0 Å². The average molecular weight is 223 g/mol. The smallest absolute Gasteiger partial charge is 0.365 e. The molecule has 1 rings (SSSR count). The van der Waals surface area contributed by atoms with Gasteiger partial charge in [0, 0.05) is 0 Å². The minimum absolute atomic E-state index is 0.0529. The van der Waals surface area contributed by atoms with Gasteiger partial charge >= 0.3 is 11.4 Å². The largest absolute Gasteiger partial charge is 0.478 e. The van der Waals surface area contributed by atoms with Crippen molar-refractivity contribution in [3.63, 3.8) is 0 Å². The molecule has 7 heteroatoms. The van der Waals surface area contributed by atoms with Gasteiger partial charge in [-0.3, -0.25) is 0 Å². The third-order valence-electron chi connectivity index (χ3n) is 1.52. The highest BCUT2D eigenvalue weighted by Crippen LogP contribution is 2.33. The number of carboxylic acid groups (broad SMARTS) is 1. The zero-order valence-corrected chi connectivity index (χ0v) is 7.72. The van der Waals surface area contributed by atoms with Crippen LogP contribution in [0.1, 0.15) is 21.7 Å². The van der Waals surface area contributed by atoms with Gasteiger partial charge in [-0.25, -0.2) is 14.8 Å². The molecule has 1 N–H and O–H groups in total. The molecule has 0 aliphatic rings. The molecule has 0 atom stereocenters. The molecule has 0 aliphatic heterocycles. The van der Waals surface area contributed by atoms with E-state index in [-0.39, 0.29) is 5.69 Å². The first-order valence-electron chi connectivity index (χ1n) is 3.46. The lowest BCUT2D eigenvalue weighted by atomic mass is 10.1. The van der Waals surface area contributed by atoms with Crippen LogP contribution in [0.5, 0.6) is 0 Å². The minimum Gasteiger partial charge on any atom is -0.478 e. The summed E-state index contributed by atoms with van der Waals surface area (Å²) in [4.78, 5) is 17.3. The molecule has 0 saturated carbocycles. The molecule has 1 aromatic rings. The number of hydrogen-bond donors (Lipinski definition) is 1. The van der Waals surface area contributed by atoms with Gasteiger partial charge in [-0.1, -0.05) is 0 Å². The standard InChI is InChI=1S/C7H5ClF2N2O2/c1-3-4(6(13)14)5(7(8,9)10)12-2-11-3/h2H,1H3,(H,13,14). The van der Waals surface area contributed by atoms with Crippen LogP contribution in [0.15, 0.2) is 6.33 Å². The van der Waals surface area contributed by atoms with Crippen molar-refractivity contribution in [1.82, 2.24) is 9.97 Å². The van der Waals surface area contributed by atoms with Crippen LogP contribution in [0.25, 0.3) is 0 Å². The topological polar surface area (TPSA) is 63.1 Å². The molecule has 0 fully saturated rings. The number of aromatic nitrogens is 2. The zero-order chi connectivity index (χ0) is 10.9. The van der Waals surface area contributed by atoms with E-state index in [0.717, 1.165) is 6.33 Å². The zero-order valence-electron chi connectivity index (χ0n) is 6.96. The van der Waals surface area contributed by atoms with Crippen molar-refractivity contribution in [2.24, 2.45) is 0 Å². The molecule has 0 spiro atoms. The van der Waals surface area contributed by atoms with Gasteiger partial charge in [-0.2, -0.15) is 8.78 Å². The summed E-state index contributed by atoms with van der Waals surface area (Å²) in [7, 11) is 0. The number of carboxylic acids is 1. The van der Waals surface area contributed by atoms with Gasteiger partial charge in [0.1, 0.15) is 17.6 Å². The quantitative estimate of drug-likeness (QED) is 0.775. The van der Waals surface area contributed by atoms with E-state index in [9.17, 15) is 13.6 Å². The lowest BCUT2D eigenvalue weighted by Gasteiger charge is -2.10. The molecule has 0 radical (unpaired) electrons. The van der Waals surface area contributed by atoms with E-state index in [1.807, 2.05) is 0 Å². The van der Waals surface area contributed by atoms with Crippen molar-refractivity contribution < 1.29 is 18.7 Å². The Morgan fingerprint density at radius 3 is 2.50 bits per heavy atom. The highest BCUT2D eigenvalue weighted by molar-refractivity contribution is 6.22. The summed E-state index contributed by atoms with van der Waals surface area (Å²) in [5.74, 6) is -1.53. The summed E-state index contributed by atoms with van der Waals surface area (Å²) in [5.41, 5.74) is -1.70. The van der Waals surface area contributed by atoms with Crippen LogP contribution in [0.4, 0.5) is 8.78 Å². The molecule has 76 valence electrons. The fraction of sp³-hybridized carbons (Fsp3) is 0.286. The van der Waals surface area contributed by atoms with Gasteiger partial charge < -0.3 is 5.11 Å². The van der Waals surface area contributed by atoms with E-state index in [1.165, 1.54) is 6.92 Å². The van der Waals surface area contributed by atoms with Crippen LogP contribution in [-0.4, -0.2) is 21.0 Å². The Balaban J connectivity index is 3.44. The van der Waals surface area contributed by atoms with Crippen molar-refractivity contribution in [2.45, 2.75) is 12.3 Å². The Labute approximate surface area is 82.6 Å². The lowest BCUT2D eigenvalue weighted by molar-refractivity contribution is 0.0646. The summed E-state index contributed by atoms with van der Waals surface area (Å²) < 4.78 is 25.3. The Morgan fingerprint density at radius 1 is 1.57 bits per heavy atom. The Kier molecular flexibility index (Phi) is 2.66. The maximum absolute atomic E-state index is 12.7. The Morgan fingerprint density at radius 2 is 2.14 bits per heavy atom. The molecule has 0 saturated heterocycles. The first kappa shape index (κ1) is 10.8. The molecule has 14 heavy (non-hydrogen) atoms. The van der Waals surface area contributed by atoms with Crippen LogP contribution < -0.4 is 0 Å². The Bertz CT molecular complexity index is 378. The highest BCUT2D eigenvalue weighted by atomic mass is 35.5. The number of rotatable bonds is 2. The number of hydrogen-bond acceptors (Lipinski definition) is 3. The van der Waals surface area contributed by atoms with Crippen molar-refractivity contribution in [3.8, 4) is 0 Å². The van der Waals surface area contributed by atoms with E-state index < -0.39 is 22.6 Å². The second-order valence-electron chi connectivity index (χ2n) is 2.49. The fourth-order valence-electron chi connectivity index (χ4n) is 0.945.